The number of rotatable bonds is 6. The zero-order chi connectivity index (χ0) is 15.8. The van der Waals surface area contributed by atoms with Crippen molar-refractivity contribution in [2.24, 2.45) is 17.8 Å². The molecule has 5 atom stereocenters. The standard InChI is InChI=1S/C17H29IO3/c1-5-16(4,18)15(19)21-14-10-11-8-12(14)13(9-11)17(20,6-2)7-3/h11-14,20H,5-10H2,1-4H3. The molecule has 0 aromatic rings. The van der Waals surface area contributed by atoms with E-state index in [1.807, 2.05) is 13.8 Å². The topological polar surface area (TPSA) is 46.5 Å². The Kier molecular flexibility index (Phi) is 5.29. The molecule has 21 heavy (non-hydrogen) atoms. The van der Waals surface area contributed by atoms with Crippen LogP contribution in [0.5, 0.6) is 0 Å². The van der Waals surface area contributed by atoms with Gasteiger partial charge in [0.15, 0.2) is 0 Å². The summed E-state index contributed by atoms with van der Waals surface area (Å²) in [5.41, 5.74) is -0.580. The number of hydrogen-bond acceptors (Lipinski definition) is 3. The Morgan fingerprint density at radius 3 is 2.29 bits per heavy atom. The van der Waals surface area contributed by atoms with Crippen molar-refractivity contribution >= 4 is 28.6 Å². The summed E-state index contributed by atoms with van der Waals surface area (Å²) in [5, 5.41) is 10.9. The molecule has 5 unspecified atom stereocenters. The largest absolute Gasteiger partial charge is 0.461 e. The maximum Gasteiger partial charge on any atom is 0.322 e. The lowest BCUT2D eigenvalue weighted by molar-refractivity contribution is -0.158. The quantitative estimate of drug-likeness (QED) is 0.409. The van der Waals surface area contributed by atoms with Gasteiger partial charge in [-0.3, -0.25) is 4.79 Å². The molecule has 0 aromatic heterocycles. The molecular weight excluding hydrogens is 379 g/mol. The highest BCUT2D eigenvalue weighted by Gasteiger charge is 2.54. The van der Waals surface area contributed by atoms with E-state index in [1.165, 1.54) is 0 Å². The van der Waals surface area contributed by atoms with Crippen molar-refractivity contribution in [1.82, 2.24) is 0 Å². The van der Waals surface area contributed by atoms with Crippen molar-refractivity contribution in [3.05, 3.63) is 0 Å². The van der Waals surface area contributed by atoms with E-state index in [0.29, 0.717) is 17.8 Å². The normalized spacial score (nSPS) is 34.8. The average molecular weight is 408 g/mol. The molecule has 2 bridgehead atoms. The fraction of sp³-hybridized carbons (Fsp3) is 0.941. The fourth-order valence-corrected chi connectivity index (χ4v) is 4.35. The monoisotopic (exact) mass is 408 g/mol. The van der Waals surface area contributed by atoms with E-state index < -0.39 is 9.02 Å². The highest BCUT2D eigenvalue weighted by atomic mass is 127. The number of ether oxygens (including phenoxy) is 1. The predicted molar refractivity (Wildman–Crippen MR) is 92.4 cm³/mol. The maximum absolute atomic E-state index is 12.3. The summed E-state index contributed by atoms with van der Waals surface area (Å²) in [5.74, 6) is 1.20. The molecule has 1 N–H and O–H groups in total. The minimum Gasteiger partial charge on any atom is -0.461 e. The van der Waals surface area contributed by atoms with Crippen molar-refractivity contribution in [2.75, 3.05) is 0 Å². The Balaban J connectivity index is 2.06. The van der Waals surface area contributed by atoms with Gasteiger partial charge in [0.2, 0.25) is 0 Å². The summed E-state index contributed by atoms with van der Waals surface area (Å²) < 4.78 is 5.43. The number of alkyl halides is 1. The second-order valence-corrected chi connectivity index (χ2v) is 9.53. The third-order valence-corrected chi connectivity index (χ3v) is 7.22. The number of carbonyl (C=O) groups is 1. The first-order chi connectivity index (χ1) is 9.77. The van der Waals surface area contributed by atoms with Gasteiger partial charge >= 0.3 is 5.97 Å². The van der Waals surface area contributed by atoms with Crippen LogP contribution in [0.15, 0.2) is 0 Å². The summed E-state index contributed by atoms with van der Waals surface area (Å²) in [7, 11) is 0. The SMILES string of the molecule is CCC(C)(I)C(=O)OC1CC2CC1C(C(O)(CC)CC)C2. The Morgan fingerprint density at radius 2 is 1.81 bits per heavy atom. The van der Waals surface area contributed by atoms with Crippen molar-refractivity contribution in [2.45, 2.75) is 81.3 Å². The lowest BCUT2D eigenvalue weighted by Gasteiger charge is -2.40. The number of fused-ring (bicyclic) bond motifs is 2. The average Bonchev–Trinajstić information content (AvgIpc) is 3.06. The zero-order valence-electron chi connectivity index (χ0n) is 13.7. The van der Waals surface area contributed by atoms with Crippen LogP contribution in [0.25, 0.3) is 0 Å². The number of esters is 1. The molecule has 2 saturated carbocycles. The first-order valence-corrected chi connectivity index (χ1v) is 9.47. The number of aliphatic hydroxyl groups is 1. The van der Waals surface area contributed by atoms with Gasteiger partial charge in [-0.1, -0.05) is 43.4 Å². The Morgan fingerprint density at radius 1 is 1.19 bits per heavy atom. The van der Waals surface area contributed by atoms with Crippen LogP contribution in [0, 0.1) is 17.8 Å². The number of halogens is 1. The Bertz CT molecular complexity index is 389. The van der Waals surface area contributed by atoms with E-state index >= 15 is 0 Å². The summed E-state index contributed by atoms with van der Waals surface area (Å²) in [4.78, 5) is 12.3. The molecule has 122 valence electrons. The highest BCUT2D eigenvalue weighted by molar-refractivity contribution is 14.1. The van der Waals surface area contributed by atoms with Gasteiger partial charge in [0.05, 0.1) is 5.60 Å². The summed E-state index contributed by atoms with van der Waals surface area (Å²) in [6, 6.07) is 0. The second kappa shape index (κ2) is 6.34. The molecule has 0 aromatic carbocycles. The molecule has 0 spiro atoms. The van der Waals surface area contributed by atoms with Crippen molar-refractivity contribution < 1.29 is 14.6 Å². The molecule has 0 radical (unpaired) electrons. The van der Waals surface area contributed by atoms with Crippen LogP contribution in [-0.4, -0.2) is 26.2 Å². The highest BCUT2D eigenvalue weighted by Crippen LogP contribution is 2.54. The molecule has 4 heteroatoms. The van der Waals surface area contributed by atoms with E-state index in [0.717, 1.165) is 38.5 Å². The smallest absolute Gasteiger partial charge is 0.322 e. The molecule has 0 amide bonds. The molecule has 0 aliphatic heterocycles. The predicted octanol–water partition coefficient (Wildman–Crippen LogP) is 4.10. The van der Waals surface area contributed by atoms with Gasteiger partial charge in [0.1, 0.15) is 9.53 Å². The minimum absolute atomic E-state index is 0.0199. The molecule has 2 rings (SSSR count). The third kappa shape index (κ3) is 3.26. The maximum atomic E-state index is 12.3. The van der Waals surface area contributed by atoms with Crippen LogP contribution < -0.4 is 0 Å². The fourth-order valence-electron chi connectivity index (χ4n) is 4.22. The van der Waals surface area contributed by atoms with Crippen LogP contribution in [0.2, 0.25) is 0 Å². The second-order valence-electron chi connectivity index (χ2n) is 7.15. The van der Waals surface area contributed by atoms with Gasteiger partial charge in [-0.2, -0.15) is 0 Å². The van der Waals surface area contributed by atoms with Crippen LogP contribution in [0.3, 0.4) is 0 Å². The molecule has 3 nitrogen and oxygen atoms in total. The van der Waals surface area contributed by atoms with E-state index in [-0.39, 0.29) is 12.1 Å². The van der Waals surface area contributed by atoms with E-state index in [1.54, 1.807) is 0 Å². The lowest BCUT2D eigenvalue weighted by Crippen LogP contribution is -2.45. The van der Waals surface area contributed by atoms with Crippen molar-refractivity contribution in [1.29, 1.82) is 0 Å². The van der Waals surface area contributed by atoms with E-state index in [4.69, 9.17) is 4.74 Å². The first-order valence-electron chi connectivity index (χ1n) is 8.39. The number of hydrogen-bond donors (Lipinski definition) is 1. The van der Waals surface area contributed by atoms with Crippen LogP contribution in [-0.2, 0) is 9.53 Å². The zero-order valence-corrected chi connectivity index (χ0v) is 15.9. The van der Waals surface area contributed by atoms with E-state index in [9.17, 15) is 9.90 Å². The molecule has 0 saturated heterocycles. The lowest BCUT2D eigenvalue weighted by atomic mass is 9.72. The number of carbonyl (C=O) groups excluding carboxylic acids is 1. The summed E-state index contributed by atoms with van der Waals surface area (Å²) >= 11 is 2.19. The molecule has 2 fully saturated rings. The van der Waals surface area contributed by atoms with E-state index in [2.05, 4.69) is 36.4 Å². The summed E-state index contributed by atoms with van der Waals surface area (Å²) in [6.07, 6.45) is 5.60. The molecule has 0 heterocycles. The van der Waals surface area contributed by atoms with Gasteiger partial charge in [-0.25, -0.2) is 0 Å². The van der Waals surface area contributed by atoms with Gasteiger partial charge in [-0.15, -0.1) is 0 Å². The first kappa shape index (κ1) is 17.5. The summed E-state index contributed by atoms with van der Waals surface area (Å²) in [6.45, 7) is 8.09. The Labute approximate surface area is 142 Å². The molecule has 2 aliphatic carbocycles. The van der Waals surface area contributed by atoms with Crippen LogP contribution >= 0.6 is 22.6 Å². The van der Waals surface area contributed by atoms with Crippen molar-refractivity contribution in [3.8, 4) is 0 Å². The van der Waals surface area contributed by atoms with Crippen LogP contribution in [0.4, 0.5) is 0 Å². The minimum atomic E-state index is -0.580. The van der Waals surface area contributed by atoms with Gasteiger partial charge in [-0.05, 0) is 57.3 Å². The Hall–Kier alpha value is 0.160. The molecule has 2 aliphatic rings. The van der Waals surface area contributed by atoms with Crippen LogP contribution in [0.1, 0.15) is 66.2 Å². The van der Waals surface area contributed by atoms with Crippen molar-refractivity contribution in [3.63, 3.8) is 0 Å². The third-order valence-electron chi connectivity index (χ3n) is 6.02. The van der Waals surface area contributed by atoms with Gasteiger partial charge < -0.3 is 9.84 Å². The molecular formula is C17H29IO3. The van der Waals surface area contributed by atoms with Gasteiger partial charge in [0.25, 0.3) is 0 Å². The van der Waals surface area contributed by atoms with Gasteiger partial charge in [0, 0.05) is 5.92 Å².